The number of methoxy groups -OCH3 is 1. The van der Waals surface area contributed by atoms with Crippen molar-refractivity contribution in [3.8, 4) is 33.8 Å². The number of ether oxygens (including phenoxy) is 1. The van der Waals surface area contributed by atoms with Crippen molar-refractivity contribution in [2.24, 2.45) is 0 Å². The van der Waals surface area contributed by atoms with E-state index in [1.165, 1.54) is 0 Å². The van der Waals surface area contributed by atoms with Crippen LogP contribution in [0.2, 0.25) is 10.0 Å². The summed E-state index contributed by atoms with van der Waals surface area (Å²) in [7, 11) is 1.62. The van der Waals surface area contributed by atoms with Crippen molar-refractivity contribution in [2.75, 3.05) is 7.11 Å². The van der Waals surface area contributed by atoms with E-state index in [2.05, 4.69) is 10.3 Å². The highest BCUT2D eigenvalue weighted by Crippen LogP contribution is 2.36. The zero-order valence-electron chi connectivity index (χ0n) is 19.9. The van der Waals surface area contributed by atoms with Crippen LogP contribution in [0.3, 0.4) is 0 Å². The summed E-state index contributed by atoms with van der Waals surface area (Å²) >= 11 is 12.7. The molecule has 5 rings (SSSR count). The molecule has 0 aliphatic carbocycles. The van der Waals surface area contributed by atoms with Crippen molar-refractivity contribution >= 4 is 29.1 Å². The van der Waals surface area contributed by atoms with Gasteiger partial charge < -0.3 is 14.6 Å². The van der Waals surface area contributed by atoms with E-state index >= 15 is 0 Å². The molecule has 37 heavy (non-hydrogen) atoms. The Balaban J connectivity index is 1.41. The molecule has 2 heterocycles. The molecular weight excluding hydrogens is 507 g/mol. The normalized spacial score (nSPS) is 10.8. The fraction of sp³-hybridized carbons (Fsp3) is 0.0690. The number of nitrogens with zero attached hydrogens (tertiary/aromatic N) is 3. The third kappa shape index (κ3) is 5.50. The van der Waals surface area contributed by atoms with Gasteiger partial charge in [0.2, 0.25) is 0 Å². The number of benzene rings is 3. The Morgan fingerprint density at radius 3 is 2.35 bits per heavy atom. The molecule has 6 nitrogen and oxygen atoms in total. The first-order chi connectivity index (χ1) is 18.0. The van der Waals surface area contributed by atoms with Gasteiger partial charge in [0, 0.05) is 46.0 Å². The monoisotopic (exact) mass is 528 g/mol. The molecule has 0 unspecified atom stereocenters. The molecule has 0 spiro atoms. The second-order valence-corrected chi connectivity index (χ2v) is 9.06. The topological polar surface area (TPSA) is 69.0 Å². The number of nitrogens with one attached hydrogen (secondary N) is 1. The first-order valence-electron chi connectivity index (χ1n) is 11.5. The van der Waals surface area contributed by atoms with E-state index < -0.39 is 0 Å². The van der Waals surface area contributed by atoms with Crippen molar-refractivity contribution in [3.05, 3.63) is 119 Å². The number of aromatic nitrogens is 3. The van der Waals surface area contributed by atoms with Crippen molar-refractivity contribution in [3.63, 3.8) is 0 Å². The molecule has 3 aromatic carbocycles. The van der Waals surface area contributed by atoms with Gasteiger partial charge in [-0.1, -0.05) is 35.3 Å². The van der Waals surface area contributed by atoms with Gasteiger partial charge in [0.05, 0.1) is 24.4 Å². The minimum Gasteiger partial charge on any atom is -0.497 e. The van der Waals surface area contributed by atoms with Crippen LogP contribution in [0, 0.1) is 0 Å². The van der Waals surface area contributed by atoms with Gasteiger partial charge in [-0.05, 0) is 72.3 Å². The smallest absolute Gasteiger partial charge is 0.251 e. The molecule has 0 saturated carbocycles. The lowest BCUT2D eigenvalue weighted by molar-refractivity contribution is 0.0950. The minimum atomic E-state index is -0.215. The molecule has 0 aliphatic heterocycles. The van der Waals surface area contributed by atoms with Crippen LogP contribution in [-0.4, -0.2) is 27.6 Å². The molecular formula is C29H22Cl2N4O2. The molecule has 0 fully saturated rings. The van der Waals surface area contributed by atoms with Crippen molar-refractivity contribution in [1.29, 1.82) is 0 Å². The molecule has 1 amide bonds. The number of halogens is 2. The minimum absolute atomic E-state index is 0.152. The van der Waals surface area contributed by atoms with E-state index in [-0.39, 0.29) is 12.5 Å². The molecule has 8 heteroatoms. The predicted molar refractivity (Wildman–Crippen MR) is 146 cm³/mol. The van der Waals surface area contributed by atoms with Crippen LogP contribution in [0.25, 0.3) is 28.1 Å². The van der Waals surface area contributed by atoms with E-state index in [0.29, 0.717) is 32.7 Å². The van der Waals surface area contributed by atoms with Gasteiger partial charge in [0.25, 0.3) is 5.91 Å². The molecule has 0 radical (unpaired) electrons. The molecule has 0 aliphatic rings. The first kappa shape index (κ1) is 24.6. The van der Waals surface area contributed by atoms with E-state index in [4.69, 9.17) is 32.9 Å². The Morgan fingerprint density at radius 1 is 0.946 bits per heavy atom. The average Bonchev–Trinajstić information content (AvgIpc) is 3.47. The number of rotatable bonds is 7. The van der Waals surface area contributed by atoms with Gasteiger partial charge in [-0.15, -0.1) is 0 Å². The quantitative estimate of drug-likeness (QED) is 0.251. The van der Waals surface area contributed by atoms with Gasteiger partial charge in [-0.3, -0.25) is 4.79 Å². The van der Waals surface area contributed by atoms with Crippen LogP contribution in [0.15, 0.2) is 97.5 Å². The summed E-state index contributed by atoms with van der Waals surface area (Å²) in [6.45, 7) is 0.152. The number of carbonyl (C=O) groups is 1. The lowest BCUT2D eigenvalue weighted by atomic mass is 10.0. The Hall–Kier alpha value is -4.13. The highest BCUT2D eigenvalue weighted by atomic mass is 35.5. The maximum atomic E-state index is 12.8. The SMILES string of the molecule is COc1ccc(-c2cnc(CNC(=O)c3ccc(-n4cccc4)cc3)nc2-c2ccc(Cl)cc2Cl)cc1. The third-order valence-corrected chi connectivity index (χ3v) is 6.41. The molecule has 2 aromatic heterocycles. The van der Waals surface area contributed by atoms with Crippen molar-refractivity contribution in [1.82, 2.24) is 19.9 Å². The molecule has 0 bridgehead atoms. The fourth-order valence-electron chi connectivity index (χ4n) is 3.93. The van der Waals surface area contributed by atoms with E-state index in [9.17, 15) is 4.79 Å². The summed E-state index contributed by atoms with van der Waals surface area (Å²) in [6.07, 6.45) is 5.64. The lowest BCUT2D eigenvalue weighted by Gasteiger charge is -2.13. The lowest BCUT2D eigenvalue weighted by Crippen LogP contribution is -2.24. The number of amides is 1. The highest BCUT2D eigenvalue weighted by molar-refractivity contribution is 6.36. The number of hydrogen-bond donors (Lipinski definition) is 1. The summed E-state index contributed by atoms with van der Waals surface area (Å²) in [4.78, 5) is 22.1. The second kappa shape index (κ2) is 10.9. The number of hydrogen-bond acceptors (Lipinski definition) is 4. The summed E-state index contributed by atoms with van der Waals surface area (Å²) in [5.41, 5.74) is 4.58. The van der Waals surface area contributed by atoms with Crippen LogP contribution in [0.1, 0.15) is 16.2 Å². The molecule has 184 valence electrons. The summed E-state index contributed by atoms with van der Waals surface area (Å²) in [5.74, 6) is 0.986. The van der Waals surface area contributed by atoms with Crippen LogP contribution in [0.5, 0.6) is 5.75 Å². The molecule has 0 saturated heterocycles. The maximum absolute atomic E-state index is 12.8. The van der Waals surface area contributed by atoms with Gasteiger partial charge >= 0.3 is 0 Å². The largest absolute Gasteiger partial charge is 0.497 e. The summed E-state index contributed by atoms with van der Waals surface area (Å²) in [6, 6.07) is 24.2. The van der Waals surface area contributed by atoms with Gasteiger partial charge in [-0.2, -0.15) is 0 Å². The van der Waals surface area contributed by atoms with Crippen LogP contribution in [0.4, 0.5) is 0 Å². The zero-order valence-corrected chi connectivity index (χ0v) is 21.4. The van der Waals surface area contributed by atoms with Gasteiger partial charge in [0.15, 0.2) is 0 Å². The Kier molecular flexibility index (Phi) is 7.21. The van der Waals surface area contributed by atoms with E-state index in [1.807, 2.05) is 71.6 Å². The van der Waals surface area contributed by atoms with Crippen molar-refractivity contribution in [2.45, 2.75) is 6.54 Å². The maximum Gasteiger partial charge on any atom is 0.251 e. The van der Waals surface area contributed by atoms with Gasteiger partial charge in [0.1, 0.15) is 11.6 Å². The zero-order chi connectivity index (χ0) is 25.8. The summed E-state index contributed by atoms with van der Waals surface area (Å²) < 4.78 is 7.25. The van der Waals surface area contributed by atoms with Crippen LogP contribution >= 0.6 is 23.2 Å². The fourth-order valence-corrected chi connectivity index (χ4v) is 4.42. The predicted octanol–water partition coefficient (Wildman–Crippen LogP) is 6.85. The van der Waals surface area contributed by atoms with Crippen molar-refractivity contribution < 1.29 is 9.53 Å². The Bertz CT molecular complexity index is 1530. The Morgan fingerprint density at radius 2 is 1.68 bits per heavy atom. The standard InChI is InChI=1S/C29H22Cl2N4O2/c1-37-23-11-6-19(7-12-23)25-17-32-27(34-28(25)24-13-8-21(30)16-26(24)31)18-33-29(36)20-4-9-22(10-5-20)35-14-2-3-15-35/h2-17H,18H2,1H3,(H,33,36). The van der Waals surface area contributed by atoms with Gasteiger partial charge in [-0.25, -0.2) is 9.97 Å². The van der Waals surface area contributed by atoms with Crippen LogP contribution in [-0.2, 0) is 6.54 Å². The third-order valence-electron chi connectivity index (χ3n) is 5.87. The molecule has 1 N–H and O–H groups in total. The van der Waals surface area contributed by atoms with E-state index in [0.717, 1.165) is 22.6 Å². The van der Waals surface area contributed by atoms with E-state index in [1.54, 1.807) is 37.6 Å². The molecule has 5 aromatic rings. The average molecular weight is 529 g/mol. The Labute approximate surface area is 224 Å². The number of carbonyl (C=O) groups excluding carboxylic acids is 1. The molecule has 0 atom stereocenters. The summed E-state index contributed by atoms with van der Waals surface area (Å²) in [5, 5.41) is 3.91. The second-order valence-electron chi connectivity index (χ2n) is 8.22. The first-order valence-corrected chi connectivity index (χ1v) is 12.2. The van der Waals surface area contributed by atoms with Crippen LogP contribution < -0.4 is 10.1 Å². The highest BCUT2D eigenvalue weighted by Gasteiger charge is 2.16.